The first-order valence-corrected chi connectivity index (χ1v) is 20.9. The SMILES string of the molecule is CC[Si](CC)(CC)OC(C)[C@H]1C(=O)[N+]2(C(=O)OCc3ccc(OC)cc3)C=C(COP(=O)(Oc3ccccc3)Oc3ccccc3)C(C)[C@@H]12. The van der Waals surface area contributed by atoms with E-state index in [9.17, 15) is 14.2 Å². The summed E-state index contributed by atoms with van der Waals surface area (Å²) in [7, 11) is -4.72. The number of fused-ring (bicyclic) bond motifs is 1. The normalized spacial score (nSPS) is 22.4. The van der Waals surface area contributed by atoms with Gasteiger partial charge >= 0.3 is 19.8 Å². The quantitative estimate of drug-likeness (QED) is 0.0624. The van der Waals surface area contributed by atoms with Gasteiger partial charge in [-0.05, 0) is 67.0 Å². The summed E-state index contributed by atoms with van der Waals surface area (Å²) in [5.41, 5.74) is 1.37. The van der Waals surface area contributed by atoms with Crippen LogP contribution in [0.4, 0.5) is 4.79 Å². The fourth-order valence-electron chi connectivity index (χ4n) is 6.92. The van der Waals surface area contributed by atoms with Crippen LogP contribution >= 0.6 is 7.82 Å². The molecule has 5 atom stereocenters. The molecule has 2 aliphatic rings. The first-order valence-electron chi connectivity index (χ1n) is 16.9. The average molecular weight is 709 g/mol. The van der Waals surface area contributed by atoms with E-state index in [0.717, 1.165) is 23.7 Å². The van der Waals surface area contributed by atoms with Crippen LogP contribution in [0.5, 0.6) is 17.2 Å². The predicted octanol–water partition coefficient (Wildman–Crippen LogP) is 8.90. The first-order chi connectivity index (χ1) is 23.5. The van der Waals surface area contributed by atoms with Crippen LogP contribution in [0.2, 0.25) is 18.1 Å². The molecule has 10 nitrogen and oxygen atoms in total. The molecule has 0 bridgehead atoms. The fourth-order valence-corrected chi connectivity index (χ4v) is 11.1. The van der Waals surface area contributed by atoms with Gasteiger partial charge in [0.15, 0.2) is 14.2 Å². The van der Waals surface area contributed by atoms with Gasteiger partial charge in [-0.3, -0.25) is 4.52 Å². The van der Waals surface area contributed by atoms with Gasteiger partial charge in [-0.15, -0.1) is 4.48 Å². The molecule has 0 aromatic heterocycles. The van der Waals surface area contributed by atoms with Crippen molar-refractivity contribution in [3.8, 4) is 17.2 Å². The molecule has 0 radical (unpaired) electrons. The minimum Gasteiger partial charge on any atom is -0.497 e. The van der Waals surface area contributed by atoms with Crippen molar-refractivity contribution in [3.63, 3.8) is 0 Å². The van der Waals surface area contributed by atoms with Crippen molar-refractivity contribution in [3.05, 3.63) is 102 Å². The van der Waals surface area contributed by atoms with E-state index < -0.39 is 44.8 Å². The molecular weight excluding hydrogens is 661 g/mol. The monoisotopic (exact) mass is 708 g/mol. The predicted molar refractivity (Wildman–Crippen MR) is 188 cm³/mol. The third kappa shape index (κ3) is 7.56. The summed E-state index contributed by atoms with van der Waals surface area (Å²) in [6.07, 6.45) is 0.539. The van der Waals surface area contributed by atoms with E-state index in [2.05, 4.69) is 20.8 Å². The Labute approximate surface area is 290 Å². The second-order valence-electron chi connectivity index (χ2n) is 12.6. The molecule has 3 aromatic rings. The van der Waals surface area contributed by atoms with Crippen LogP contribution in [0.3, 0.4) is 0 Å². The molecule has 2 heterocycles. The summed E-state index contributed by atoms with van der Waals surface area (Å²) >= 11 is 0. The molecule has 0 saturated carbocycles. The van der Waals surface area contributed by atoms with Crippen molar-refractivity contribution < 1.29 is 46.1 Å². The van der Waals surface area contributed by atoms with Gasteiger partial charge in [0.05, 0.1) is 19.8 Å². The lowest BCUT2D eigenvalue weighted by molar-refractivity contribution is -0.798. The van der Waals surface area contributed by atoms with Crippen LogP contribution in [0.15, 0.2) is 96.7 Å². The number of carbonyl (C=O) groups excluding carboxylic acids is 2. The van der Waals surface area contributed by atoms with E-state index in [0.29, 0.717) is 22.8 Å². The van der Waals surface area contributed by atoms with Crippen LogP contribution in [0.1, 0.15) is 40.2 Å². The summed E-state index contributed by atoms with van der Waals surface area (Å²) in [5, 5.41) is 0. The van der Waals surface area contributed by atoms with Gasteiger partial charge < -0.3 is 22.9 Å². The number of β-lactam (4-membered cyclic amide) rings is 1. The Kier molecular flexibility index (Phi) is 11.5. The lowest BCUT2D eigenvalue weighted by atomic mass is 9.75. The molecule has 1 saturated heterocycles. The van der Waals surface area contributed by atoms with Crippen LogP contribution in [0, 0.1) is 11.8 Å². The van der Waals surface area contributed by atoms with Crippen molar-refractivity contribution in [1.82, 2.24) is 0 Å². The molecule has 3 aromatic carbocycles. The zero-order valence-electron chi connectivity index (χ0n) is 29.1. The number of phosphoric ester groups is 1. The van der Waals surface area contributed by atoms with Crippen LogP contribution in [0.25, 0.3) is 0 Å². The Bertz CT molecular complexity index is 1610. The highest BCUT2D eigenvalue weighted by Gasteiger charge is 2.75. The largest absolute Gasteiger partial charge is 0.587 e. The molecule has 2 amide bonds. The number of benzene rings is 3. The number of carbonyl (C=O) groups is 2. The van der Waals surface area contributed by atoms with E-state index in [1.54, 1.807) is 74.0 Å². The van der Waals surface area contributed by atoms with Gasteiger partial charge in [-0.2, -0.15) is 4.79 Å². The second kappa shape index (κ2) is 15.4. The molecule has 1 fully saturated rings. The first kappa shape index (κ1) is 36.5. The topological polar surface area (TPSA) is 107 Å². The highest BCUT2D eigenvalue weighted by molar-refractivity contribution is 7.49. The van der Waals surface area contributed by atoms with E-state index in [-0.39, 0.29) is 25.0 Å². The lowest BCUT2D eigenvalue weighted by Crippen LogP contribution is -2.76. The third-order valence-electron chi connectivity index (χ3n) is 9.96. The number of amides is 2. The summed E-state index contributed by atoms with van der Waals surface area (Å²) in [5.74, 6) is 0.160. The Morgan fingerprint density at radius 3 is 1.90 bits per heavy atom. The number of hydrogen-bond donors (Lipinski definition) is 0. The van der Waals surface area contributed by atoms with Crippen LogP contribution < -0.4 is 13.8 Å². The maximum atomic E-state index is 14.3. The number of hydrogen-bond acceptors (Lipinski definition) is 9. The van der Waals surface area contributed by atoms with Gasteiger partial charge in [0.1, 0.15) is 36.1 Å². The molecule has 262 valence electrons. The summed E-state index contributed by atoms with van der Waals surface area (Å²) in [6, 6.07) is 26.8. The van der Waals surface area contributed by atoms with Crippen molar-refractivity contribution >= 4 is 28.1 Å². The Balaban J connectivity index is 1.42. The summed E-state index contributed by atoms with van der Waals surface area (Å²) in [6.45, 7) is 10.1. The minimum absolute atomic E-state index is 0.0177. The van der Waals surface area contributed by atoms with Gasteiger partial charge in [0.25, 0.3) is 0 Å². The number of rotatable bonds is 16. The number of phosphoric acid groups is 1. The Morgan fingerprint density at radius 1 is 0.837 bits per heavy atom. The molecule has 2 aliphatic heterocycles. The molecule has 0 aliphatic carbocycles. The Morgan fingerprint density at radius 2 is 1.39 bits per heavy atom. The number of imide groups is 1. The van der Waals surface area contributed by atoms with E-state index in [1.807, 2.05) is 38.1 Å². The number of methoxy groups -OCH3 is 1. The van der Waals surface area contributed by atoms with Crippen molar-refractivity contribution in [2.75, 3.05) is 13.7 Å². The van der Waals surface area contributed by atoms with Crippen molar-refractivity contribution in [2.24, 2.45) is 11.8 Å². The maximum Gasteiger partial charge on any atom is 0.587 e. The zero-order valence-corrected chi connectivity index (χ0v) is 31.0. The van der Waals surface area contributed by atoms with Crippen molar-refractivity contribution in [1.29, 1.82) is 0 Å². The smallest absolute Gasteiger partial charge is 0.497 e. The molecule has 49 heavy (non-hydrogen) atoms. The van der Waals surface area contributed by atoms with Crippen LogP contribution in [-0.4, -0.2) is 50.7 Å². The van der Waals surface area contributed by atoms with E-state index in [4.69, 9.17) is 27.5 Å². The minimum atomic E-state index is -4.23. The molecule has 0 spiro atoms. The second-order valence-corrected chi connectivity index (χ2v) is 18.9. The molecular formula is C37H47NO9PSi+. The van der Waals surface area contributed by atoms with Gasteiger partial charge in [-0.1, -0.05) is 76.2 Å². The van der Waals surface area contributed by atoms with Crippen molar-refractivity contribution in [2.45, 2.75) is 71.5 Å². The number of ether oxygens (including phenoxy) is 2. The average Bonchev–Trinajstić information content (AvgIpc) is 3.37. The standard InChI is InChI=1S/C37H47NO9PSi/c1-7-49(8-2,9-3)47-28(5)34-35-27(4)30(24-38(35,36(34)39)37(40)43-25-29-20-22-31(42-6)23-21-29)26-44-48(41,45-32-16-12-10-13-17-32)46-33-18-14-11-15-19-33/h10-24,27-28,34-35H,7-9,25-26H2,1-6H3/q+1/t27?,28?,34-,35+,38?/m1/s1. The van der Waals surface area contributed by atoms with Gasteiger partial charge in [0.2, 0.25) is 0 Å². The summed E-state index contributed by atoms with van der Waals surface area (Å²) < 4.78 is 49.0. The molecule has 0 N–H and O–H groups in total. The molecule has 5 rings (SSSR count). The molecule has 12 heteroatoms. The number of nitrogens with zero attached hydrogens (tertiary/aromatic N) is 1. The Hall–Kier alpha value is -3.73. The highest BCUT2D eigenvalue weighted by Crippen LogP contribution is 2.54. The zero-order chi connectivity index (χ0) is 35.2. The summed E-state index contributed by atoms with van der Waals surface area (Å²) in [4.78, 5) is 28.3. The molecule has 3 unspecified atom stereocenters. The highest BCUT2D eigenvalue weighted by atomic mass is 31.2. The number of para-hydroxylation sites is 2. The fraction of sp³-hybridized carbons (Fsp3) is 0.405. The maximum absolute atomic E-state index is 14.3. The van der Waals surface area contributed by atoms with E-state index in [1.165, 1.54) is 0 Å². The number of quaternary nitrogens is 1. The van der Waals surface area contributed by atoms with E-state index >= 15 is 0 Å². The van der Waals surface area contributed by atoms with Gasteiger partial charge in [0, 0.05) is 11.5 Å². The third-order valence-corrected chi connectivity index (χ3v) is 16.0. The van der Waals surface area contributed by atoms with Gasteiger partial charge in [-0.25, -0.2) is 9.36 Å². The van der Waals surface area contributed by atoms with Crippen LogP contribution in [-0.2, 0) is 29.7 Å². The lowest BCUT2D eigenvalue weighted by Gasteiger charge is -2.49.